The van der Waals surface area contributed by atoms with Crippen LogP contribution in [0.5, 0.6) is 0 Å². The fourth-order valence-electron chi connectivity index (χ4n) is 2.13. The smallest absolute Gasteiger partial charge is 0.337 e. The topological polar surface area (TPSA) is 66.2 Å². The van der Waals surface area contributed by atoms with Crippen LogP contribution in [0.3, 0.4) is 0 Å². The van der Waals surface area contributed by atoms with E-state index in [2.05, 4.69) is 10.1 Å². The van der Waals surface area contributed by atoms with Crippen LogP contribution < -0.4 is 0 Å². The molecule has 1 aromatic heterocycles. The number of carbonyl (C=O) groups excluding carboxylic acids is 1. The lowest BCUT2D eigenvalue weighted by Crippen LogP contribution is -2.18. The number of nitrogens with zero attached hydrogens (tertiary/aromatic N) is 3. The molecule has 1 aromatic carbocycles. The highest BCUT2D eigenvalue weighted by atomic mass is 35.5. The number of hydrogen-bond donors (Lipinski definition) is 0. The Labute approximate surface area is 132 Å². The monoisotopic (exact) mass is 319 g/mol. The van der Waals surface area contributed by atoms with E-state index < -0.39 is 6.10 Å². The van der Waals surface area contributed by atoms with Gasteiger partial charge in [-0.3, -0.25) is 0 Å². The van der Waals surface area contributed by atoms with Crippen molar-refractivity contribution in [2.75, 3.05) is 6.61 Å². The van der Waals surface area contributed by atoms with E-state index in [0.29, 0.717) is 30.2 Å². The van der Waals surface area contributed by atoms with Crippen molar-refractivity contribution in [1.82, 2.24) is 14.8 Å². The molecule has 7 heteroatoms. The summed E-state index contributed by atoms with van der Waals surface area (Å²) >= 11 is 5.91. The van der Waals surface area contributed by atoms with Crippen molar-refractivity contribution in [3.63, 3.8) is 0 Å². The van der Waals surface area contributed by atoms with Gasteiger partial charge in [0.05, 0.1) is 25.0 Å². The van der Waals surface area contributed by atoms with Crippen LogP contribution in [0.1, 0.15) is 18.1 Å². The highest BCUT2D eigenvalue weighted by Crippen LogP contribution is 2.24. The highest BCUT2D eigenvalue weighted by Gasteiger charge is 2.22. The Hall–Kier alpha value is -2.34. The number of esters is 1. The van der Waals surface area contributed by atoms with Gasteiger partial charge in [-0.15, -0.1) is 0 Å². The fourth-order valence-corrected chi connectivity index (χ4v) is 2.25. The molecule has 0 saturated heterocycles. The van der Waals surface area contributed by atoms with Crippen molar-refractivity contribution < 1.29 is 14.3 Å². The lowest BCUT2D eigenvalue weighted by atomic mass is 10.1. The molecule has 2 heterocycles. The first-order valence-electron chi connectivity index (χ1n) is 6.82. The second-order valence-electron chi connectivity index (χ2n) is 4.83. The number of halogens is 1. The first-order chi connectivity index (χ1) is 10.7. The molecule has 1 aliphatic heterocycles. The number of hydrogen-bond acceptors (Lipinski definition) is 5. The second kappa shape index (κ2) is 6.62. The van der Waals surface area contributed by atoms with Crippen LogP contribution in [0.25, 0.3) is 0 Å². The predicted molar refractivity (Wildman–Crippen MR) is 79.0 cm³/mol. The molecule has 2 aromatic rings. The molecule has 1 atom stereocenters. The maximum Gasteiger partial charge on any atom is 0.337 e. The van der Waals surface area contributed by atoms with E-state index in [1.807, 2.05) is 12.1 Å². The Morgan fingerprint density at radius 1 is 1.41 bits per heavy atom. The zero-order valence-corrected chi connectivity index (χ0v) is 12.4. The van der Waals surface area contributed by atoms with Crippen molar-refractivity contribution in [2.45, 2.75) is 19.1 Å². The van der Waals surface area contributed by atoms with Gasteiger partial charge in [-0.05, 0) is 17.7 Å². The Kier molecular flexibility index (Phi) is 4.39. The lowest BCUT2D eigenvalue weighted by molar-refractivity contribution is -0.145. The molecule has 0 unspecified atom stereocenters. The Balaban J connectivity index is 1.78. The summed E-state index contributed by atoms with van der Waals surface area (Å²) in [4.78, 5) is 16.1. The Morgan fingerprint density at radius 2 is 2.23 bits per heavy atom. The number of carbonyl (C=O) groups is 1. The van der Waals surface area contributed by atoms with Crippen LogP contribution in [0, 0.1) is 0 Å². The lowest BCUT2D eigenvalue weighted by Gasteiger charge is -2.18. The van der Waals surface area contributed by atoms with Gasteiger partial charge in [0.1, 0.15) is 18.8 Å². The van der Waals surface area contributed by atoms with Gasteiger partial charge in [0.15, 0.2) is 0 Å². The average molecular weight is 320 g/mol. The average Bonchev–Trinajstić information content (AvgIpc) is 3.21. The van der Waals surface area contributed by atoms with Gasteiger partial charge in [0, 0.05) is 11.4 Å². The number of ether oxygens (including phenoxy) is 2. The van der Waals surface area contributed by atoms with Crippen molar-refractivity contribution in [3.8, 4) is 0 Å². The van der Waals surface area contributed by atoms with Gasteiger partial charge >= 0.3 is 5.97 Å². The zero-order valence-electron chi connectivity index (χ0n) is 11.7. The van der Waals surface area contributed by atoms with Gasteiger partial charge in [-0.25, -0.2) is 14.5 Å². The minimum atomic E-state index is -0.479. The maximum atomic E-state index is 12.2. The molecule has 0 N–H and O–H groups in total. The van der Waals surface area contributed by atoms with Crippen molar-refractivity contribution >= 4 is 17.6 Å². The van der Waals surface area contributed by atoms with Gasteiger partial charge in [0.2, 0.25) is 0 Å². The van der Waals surface area contributed by atoms with Crippen LogP contribution in [0.15, 0.2) is 48.8 Å². The van der Waals surface area contributed by atoms with Crippen LogP contribution in [-0.4, -0.2) is 27.3 Å². The molecular weight excluding hydrogens is 306 g/mol. The van der Waals surface area contributed by atoms with Crippen LogP contribution in [-0.2, 0) is 20.8 Å². The number of aromatic nitrogens is 3. The van der Waals surface area contributed by atoms with Crippen molar-refractivity contribution in [2.24, 2.45) is 0 Å². The first kappa shape index (κ1) is 14.6. The van der Waals surface area contributed by atoms with Gasteiger partial charge in [-0.2, -0.15) is 5.10 Å². The molecule has 0 radical (unpaired) electrons. The van der Waals surface area contributed by atoms with E-state index in [1.165, 1.54) is 12.6 Å². The highest BCUT2D eigenvalue weighted by molar-refractivity contribution is 6.30. The second-order valence-corrected chi connectivity index (χ2v) is 5.26. The molecule has 1 aliphatic rings. The van der Waals surface area contributed by atoms with Crippen LogP contribution in [0.2, 0.25) is 5.02 Å². The maximum absolute atomic E-state index is 12.2. The molecule has 0 saturated carbocycles. The largest absolute Gasteiger partial charge is 0.500 e. The summed E-state index contributed by atoms with van der Waals surface area (Å²) < 4.78 is 12.3. The fraction of sp³-hybridized carbons (Fsp3) is 0.267. The van der Waals surface area contributed by atoms with E-state index in [1.54, 1.807) is 23.1 Å². The summed E-state index contributed by atoms with van der Waals surface area (Å²) in [7, 11) is 0. The molecule has 0 amide bonds. The molecule has 22 heavy (non-hydrogen) atoms. The summed E-state index contributed by atoms with van der Waals surface area (Å²) in [5.74, 6) is -0.377. The third-order valence-corrected chi connectivity index (χ3v) is 3.54. The molecule has 0 aliphatic carbocycles. The van der Waals surface area contributed by atoms with E-state index in [4.69, 9.17) is 21.1 Å². The number of benzene rings is 1. The van der Waals surface area contributed by atoms with Gasteiger partial charge in [-0.1, -0.05) is 23.7 Å². The molecule has 6 nitrogen and oxygen atoms in total. The standard InChI is InChI=1S/C15H14ClN3O3/c16-13-3-1-11(2-4-13)14(7-19-10-17-9-18-19)22-15(20)12-5-6-21-8-12/h1-4,8-10,14H,5-7H2/t14-/m1/s1. The quantitative estimate of drug-likeness (QED) is 0.792. The van der Waals surface area contributed by atoms with Crippen molar-refractivity contribution in [1.29, 1.82) is 0 Å². The summed E-state index contributed by atoms with van der Waals surface area (Å²) in [6, 6.07) is 7.18. The van der Waals surface area contributed by atoms with Crippen LogP contribution in [0.4, 0.5) is 0 Å². The van der Waals surface area contributed by atoms with Gasteiger partial charge in [0.25, 0.3) is 0 Å². The minimum absolute atomic E-state index is 0.376. The van der Waals surface area contributed by atoms with E-state index >= 15 is 0 Å². The third-order valence-electron chi connectivity index (χ3n) is 3.29. The normalized spacial score (nSPS) is 15.0. The predicted octanol–water partition coefficient (Wildman–Crippen LogP) is 2.52. The van der Waals surface area contributed by atoms with Gasteiger partial charge < -0.3 is 9.47 Å². The van der Waals surface area contributed by atoms with Crippen LogP contribution >= 0.6 is 11.6 Å². The summed E-state index contributed by atoms with van der Waals surface area (Å²) in [6.07, 6.45) is 4.56. The van der Waals surface area contributed by atoms with E-state index in [9.17, 15) is 4.79 Å². The molecule has 0 fully saturated rings. The summed E-state index contributed by atoms with van der Waals surface area (Å²) in [5, 5.41) is 4.68. The summed E-state index contributed by atoms with van der Waals surface area (Å²) in [5.41, 5.74) is 1.38. The first-order valence-corrected chi connectivity index (χ1v) is 7.19. The number of rotatable bonds is 5. The molecule has 0 bridgehead atoms. The summed E-state index contributed by atoms with van der Waals surface area (Å²) in [6.45, 7) is 0.890. The Bertz CT molecular complexity index is 668. The Morgan fingerprint density at radius 3 is 2.86 bits per heavy atom. The SMILES string of the molecule is O=C(O[C@H](Cn1cncn1)c1ccc(Cl)cc1)C1=COCC1. The zero-order chi connectivity index (χ0) is 15.4. The van der Waals surface area contributed by atoms with Crippen molar-refractivity contribution in [3.05, 3.63) is 59.3 Å². The molecular formula is C15H14ClN3O3. The molecule has 3 rings (SSSR count). The molecule has 114 valence electrons. The molecule has 0 spiro atoms. The van der Waals surface area contributed by atoms with E-state index in [-0.39, 0.29) is 5.97 Å². The minimum Gasteiger partial charge on any atom is -0.500 e. The third kappa shape index (κ3) is 3.46. The van der Waals surface area contributed by atoms with E-state index in [0.717, 1.165) is 5.56 Å².